The monoisotopic (exact) mass is 313 g/mol. The molecule has 0 radical (unpaired) electrons. The van der Waals surface area contributed by atoms with Gasteiger partial charge in [0.25, 0.3) is 0 Å². The number of carbonyl (C=O) groups is 1. The zero-order chi connectivity index (χ0) is 16.2. The number of hydrogen-bond donors (Lipinski definition) is 1. The smallest absolute Gasteiger partial charge is 0.341 e. The number of carbonyl (C=O) groups excluding carboxylic acids is 1. The summed E-state index contributed by atoms with van der Waals surface area (Å²) in [4.78, 5) is 18.7. The van der Waals surface area contributed by atoms with Crippen molar-refractivity contribution in [3.63, 3.8) is 0 Å². The Morgan fingerprint density at radius 3 is 2.57 bits per heavy atom. The maximum atomic E-state index is 12.2. The molecule has 0 bridgehead atoms. The molecule has 1 saturated heterocycles. The van der Waals surface area contributed by atoms with E-state index in [4.69, 9.17) is 15.2 Å². The molecule has 1 fully saturated rings. The van der Waals surface area contributed by atoms with Crippen molar-refractivity contribution in [2.45, 2.75) is 0 Å². The average Bonchev–Trinajstić information content (AvgIpc) is 2.62. The number of anilines is 2. The Labute approximate surface area is 134 Å². The maximum absolute atomic E-state index is 12.2. The Morgan fingerprint density at radius 1 is 1.22 bits per heavy atom. The lowest BCUT2D eigenvalue weighted by Gasteiger charge is -2.29. The van der Waals surface area contributed by atoms with Gasteiger partial charge < -0.3 is 20.1 Å². The van der Waals surface area contributed by atoms with E-state index in [1.54, 1.807) is 6.20 Å². The number of pyridine rings is 1. The molecular formula is C17H19N3O3. The molecule has 2 aromatic rings. The van der Waals surface area contributed by atoms with E-state index >= 15 is 0 Å². The van der Waals surface area contributed by atoms with Crippen molar-refractivity contribution in [3.8, 4) is 11.1 Å². The van der Waals surface area contributed by atoms with Gasteiger partial charge in [0.1, 0.15) is 11.4 Å². The van der Waals surface area contributed by atoms with E-state index in [0.29, 0.717) is 43.4 Å². The summed E-state index contributed by atoms with van der Waals surface area (Å²) in [5, 5.41) is 0. The van der Waals surface area contributed by atoms with Crippen LogP contribution in [0.1, 0.15) is 10.4 Å². The van der Waals surface area contributed by atoms with Gasteiger partial charge in [0.15, 0.2) is 0 Å². The molecule has 0 atom stereocenters. The Kier molecular flexibility index (Phi) is 4.43. The predicted molar refractivity (Wildman–Crippen MR) is 88.5 cm³/mol. The predicted octanol–water partition coefficient (Wildman–Crippen LogP) is 1.95. The third-order valence-corrected chi connectivity index (χ3v) is 3.83. The van der Waals surface area contributed by atoms with Crippen LogP contribution in [0.3, 0.4) is 0 Å². The maximum Gasteiger partial charge on any atom is 0.341 e. The number of nitrogen functional groups attached to an aromatic ring is 1. The molecule has 0 amide bonds. The van der Waals surface area contributed by atoms with Crippen LogP contribution in [0.4, 0.5) is 11.5 Å². The van der Waals surface area contributed by atoms with E-state index in [2.05, 4.69) is 4.98 Å². The second kappa shape index (κ2) is 6.66. The summed E-state index contributed by atoms with van der Waals surface area (Å²) in [5.41, 5.74) is 8.67. The number of rotatable bonds is 3. The fourth-order valence-electron chi connectivity index (χ4n) is 2.58. The van der Waals surface area contributed by atoms with E-state index in [1.807, 2.05) is 35.2 Å². The molecule has 1 aliphatic rings. The Morgan fingerprint density at radius 2 is 1.91 bits per heavy atom. The van der Waals surface area contributed by atoms with Crippen LogP contribution in [0, 0.1) is 0 Å². The van der Waals surface area contributed by atoms with Crippen molar-refractivity contribution in [2.24, 2.45) is 0 Å². The van der Waals surface area contributed by atoms with Gasteiger partial charge in [-0.3, -0.25) is 0 Å². The van der Waals surface area contributed by atoms with Crippen molar-refractivity contribution in [3.05, 3.63) is 42.1 Å². The number of aromatic nitrogens is 1. The number of nitrogens with zero attached hydrogens (tertiary/aromatic N) is 2. The second-order valence-corrected chi connectivity index (χ2v) is 5.31. The van der Waals surface area contributed by atoms with Gasteiger partial charge in [-0.2, -0.15) is 0 Å². The molecule has 3 rings (SSSR count). The summed E-state index contributed by atoms with van der Waals surface area (Å²) in [7, 11) is 1.38. The quantitative estimate of drug-likeness (QED) is 0.689. The zero-order valence-corrected chi connectivity index (χ0v) is 13.0. The second-order valence-electron chi connectivity index (χ2n) is 5.31. The van der Waals surface area contributed by atoms with Crippen molar-refractivity contribution in [2.75, 3.05) is 44.0 Å². The molecule has 23 heavy (non-hydrogen) atoms. The van der Waals surface area contributed by atoms with Crippen molar-refractivity contribution in [1.82, 2.24) is 4.98 Å². The number of ether oxygens (including phenoxy) is 2. The van der Waals surface area contributed by atoms with E-state index in [-0.39, 0.29) is 0 Å². The molecule has 0 aliphatic carbocycles. The first kappa shape index (κ1) is 15.3. The van der Waals surface area contributed by atoms with E-state index in [1.165, 1.54) is 7.11 Å². The van der Waals surface area contributed by atoms with Crippen LogP contribution in [0.5, 0.6) is 0 Å². The van der Waals surface area contributed by atoms with Crippen molar-refractivity contribution < 1.29 is 14.3 Å². The Bertz CT molecular complexity index is 695. The van der Waals surface area contributed by atoms with Gasteiger partial charge in [0.05, 0.1) is 20.3 Å². The molecule has 2 N–H and O–H groups in total. The number of methoxy groups -OCH3 is 1. The molecule has 6 heteroatoms. The van der Waals surface area contributed by atoms with Gasteiger partial charge >= 0.3 is 5.97 Å². The first-order valence-electron chi connectivity index (χ1n) is 7.46. The summed E-state index contributed by atoms with van der Waals surface area (Å²) in [6.45, 7) is 2.67. The number of morpholine rings is 1. The average molecular weight is 313 g/mol. The van der Waals surface area contributed by atoms with Crippen LogP contribution in [-0.4, -0.2) is 44.4 Å². The largest absolute Gasteiger partial charge is 0.465 e. The van der Waals surface area contributed by atoms with Gasteiger partial charge in [0, 0.05) is 30.5 Å². The molecule has 1 aliphatic heterocycles. The van der Waals surface area contributed by atoms with Gasteiger partial charge in [-0.1, -0.05) is 12.1 Å². The normalized spacial score (nSPS) is 14.6. The van der Waals surface area contributed by atoms with Gasteiger partial charge in [0.2, 0.25) is 0 Å². The Hall–Kier alpha value is -2.60. The van der Waals surface area contributed by atoms with Gasteiger partial charge in [-0.25, -0.2) is 9.78 Å². The SMILES string of the molecule is COC(=O)c1cc(-c2ccc(N)cc2)cnc1N1CCOCC1. The van der Waals surface area contributed by atoms with E-state index in [9.17, 15) is 4.79 Å². The highest BCUT2D eigenvalue weighted by Gasteiger charge is 2.21. The Balaban J connectivity index is 2.01. The lowest BCUT2D eigenvalue weighted by Crippen LogP contribution is -2.37. The molecule has 120 valence electrons. The lowest BCUT2D eigenvalue weighted by molar-refractivity contribution is 0.0600. The van der Waals surface area contributed by atoms with Crippen LogP contribution >= 0.6 is 0 Å². The fourth-order valence-corrected chi connectivity index (χ4v) is 2.58. The van der Waals surface area contributed by atoms with Crippen LogP contribution in [0.2, 0.25) is 0 Å². The topological polar surface area (TPSA) is 77.7 Å². The number of hydrogen-bond acceptors (Lipinski definition) is 6. The van der Waals surface area contributed by atoms with Crippen LogP contribution in [0.25, 0.3) is 11.1 Å². The summed E-state index contributed by atoms with van der Waals surface area (Å²) in [6, 6.07) is 9.27. The molecule has 2 heterocycles. The lowest BCUT2D eigenvalue weighted by atomic mass is 10.0. The van der Waals surface area contributed by atoms with Crippen molar-refractivity contribution >= 4 is 17.5 Å². The van der Waals surface area contributed by atoms with Gasteiger partial charge in [-0.05, 0) is 23.8 Å². The summed E-state index contributed by atoms with van der Waals surface area (Å²) in [6.07, 6.45) is 1.77. The van der Waals surface area contributed by atoms with E-state index < -0.39 is 5.97 Å². The molecule has 0 spiro atoms. The highest BCUT2D eigenvalue weighted by Crippen LogP contribution is 2.27. The van der Waals surface area contributed by atoms with Crippen LogP contribution in [0.15, 0.2) is 36.5 Å². The van der Waals surface area contributed by atoms with Crippen LogP contribution in [-0.2, 0) is 9.47 Å². The number of benzene rings is 1. The summed E-state index contributed by atoms with van der Waals surface area (Å²) >= 11 is 0. The zero-order valence-electron chi connectivity index (χ0n) is 13.0. The minimum absolute atomic E-state index is 0.392. The molecule has 1 aromatic heterocycles. The standard InChI is InChI=1S/C17H19N3O3/c1-22-17(21)15-10-13(12-2-4-14(18)5-3-12)11-19-16(15)20-6-8-23-9-7-20/h2-5,10-11H,6-9,18H2,1H3. The number of esters is 1. The van der Waals surface area contributed by atoms with Crippen molar-refractivity contribution in [1.29, 1.82) is 0 Å². The molecule has 0 unspecified atom stereocenters. The minimum Gasteiger partial charge on any atom is -0.465 e. The molecule has 6 nitrogen and oxygen atoms in total. The summed E-state index contributed by atoms with van der Waals surface area (Å²) in [5.74, 6) is 0.246. The first-order valence-corrected chi connectivity index (χ1v) is 7.46. The molecular weight excluding hydrogens is 294 g/mol. The molecule has 1 aromatic carbocycles. The van der Waals surface area contributed by atoms with Crippen LogP contribution < -0.4 is 10.6 Å². The minimum atomic E-state index is -0.392. The molecule has 0 saturated carbocycles. The van der Waals surface area contributed by atoms with E-state index in [0.717, 1.165) is 11.1 Å². The number of nitrogens with two attached hydrogens (primary N) is 1. The fraction of sp³-hybridized carbons (Fsp3) is 0.294. The van der Waals surface area contributed by atoms with Gasteiger partial charge in [-0.15, -0.1) is 0 Å². The highest BCUT2D eigenvalue weighted by atomic mass is 16.5. The first-order chi connectivity index (χ1) is 11.2. The third-order valence-electron chi connectivity index (χ3n) is 3.83. The summed E-state index contributed by atoms with van der Waals surface area (Å²) < 4.78 is 10.3. The third kappa shape index (κ3) is 3.27. The highest BCUT2D eigenvalue weighted by molar-refractivity contribution is 5.96.